The van der Waals surface area contributed by atoms with E-state index < -0.39 is 22.0 Å². The topological polar surface area (TPSA) is 109 Å². The molecule has 0 heterocycles. The van der Waals surface area contributed by atoms with Gasteiger partial charge in [0.1, 0.15) is 6.04 Å². The molecule has 4 N–H and O–H groups in total. The third kappa shape index (κ3) is 5.02. The van der Waals surface area contributed by atoms with E-state index in [2.05, 4.69) is 4.72 Å². The molecule has 0 aliphatic carbocycles. The van der Waals surface area contributed by atoms with Crippen LogP contribution in [0.5, 0.6) is 0 Å². The molecule has 8 heteroatoms. The number of rotatable bonds is 8. The first-order valence-electron chi connectivity index (χ1n) is 7.65. The maximum absolute atomic E-state index is 12.8. The van der Waals surface area contributed by atoms with E-state index in [-0.39, 0.29) is 22.9 Å². The van der Waals surface area contributed by atoms with Crippen molar-refractivity contribution in [2.24, 2.45) is 5.73 Å². The number of hydrogen-bond donors (Lipinski definition) is 3. The van der Waals surface area contributed by atoms with Gasteiger partial charge in [0.2, 0.25) is 10.0 Å². The number of benzene rings is 2. The lowest BCUT2D eigenvalue weighted by atomic mass is 10.1. The van der Waals surface area contributed by atoms with E-state index >= 15 is 0 Å². The molecule has 0 spiro atoms. The fourth-order valence-electron chi connectivity index (χ4n) is 2.38. The molecule has 1 unspecified atom stereocenters. The molecule has 0 radical (unpaired) electrons. The molecule has 134 valence electrons. The summed E-state index contributed by atoms with van der Waals surface area (Å²) in [7, 11) is -4.09. The molecule has 0 saturated heterocycles. The number of carboxylic acids is 1. The van der Waals surface area contributed by atoms with E-state index in [0.717, 1.165) is 0 Å². The van der Waals surface area contributed by atoms with Crippen molar-refractivity contribution in [3.05, 3.63) is 53.6 Å². The van der Waals surface area contributed by atoms with Crippen molar-refractivity contribution in [3.8, 4) is 11.1 Å². The fourth-order valence-corrected chi connectivity index (χ4v) is 4.09. The van der Waals surface area contributed by atoms with Crippen molar-refractivity contribution in [3.63, 3.8) is 0 Å². The second-order valence-electron chi connectivity index (χ2n) is 5.45. The Balaban J connectivity index is 2.45. The van der Waals surface area contributed by atoms with Gasteiger partial charge in [-0.15, -0.1) is 0 Å². The zero-order chi connectivity index (χ0) is 18.4. The van der Waals surface area contributed by atoms with Crippen LogP contribution in [0.4, 0.5) is 0 Å². The zero-order valence-electron chi connectivity index (χ0n) is 13.4. The SMILES string of the molecule is NCCCC(NS(=O)(=O)c1cc(Cl)ccc1-c1ccccc1)C(=O)O. The fraction of sp³-hybridized carbons (Fsp3) is 0.235. The summed E-state index contributed by atoms with van der Waals surface area (Å²) in [6.07, 6.45) is 0.493. The number of sulfonamides is 1. The molecule has 2 aromatic carbocycles. The molecule has 1 atom stereocenters. The van der Waals surface area contributed by atoms with Crippen molar-refractivity contribution in [2.45, 2.75) is 23.8 Å². The molecule has 2 rings (SSSR count). The van der Waals surface area contributed by atoms with Gasteiger partial charge in [-0.3, -0.25) is 4.79 Å². The summed E-state index contributed by atoms with van der Waals surface area (Å²) < 4.78 is 27.8. The predicted molar refractivity (Wildman–Crippen MR) is 96.9 cm³/mol. The Bertz CT molecular complexity index is 841. The van der Waals surface area contributed by atoms with Crippen LogP contribution in [0.2, 0.25) is 5.02 Å². The first kappa shape index (κ1) is 19.4. The highest BCUT2D eigenvalue weighted by atomic mass is 35.5. The Hall–Kier alpha value is -1.93. The normalized spacial score (nSPS) is 12.7. The van der Waals surface area contributed by atoms with Crippen LogP contribution in [0, 0.1) is 0 Å². The lowest BCUT2D eigenvalue weighted by Gasteiger charge is -2.17. The largest absolute Gasteiger partial charge is 0.480 e. The molecule has 6 nitrogen and oxygen atoms in total. The highest BCUT2D eigenvalue weighted by molar-refractivity contribution is 7.89. The van der Waals surface area contributed by atoms with Crippen LogP contribution in [0.3, 0.4) is 0 Å². The van der Waals surface area contributed by atoms with Gasteiger partial charge in [-0.1, -0.05) is 48.0 Å². The lowest BCUT2D eigenvalue weighted by molar-refractivity contribution is -0.139. The number of nitrogens with one attached hydrogen (secondary N) is 1. The van der Waals surface area contributed by atoms with Gasteiger partial charge < -0.3 is 10.8 Å². The van der Waals surface area contributed by atoms with E-state index in [9.17, 15) is 18.3 Å². The maximum Gasteiger partial charge on any atom is 0.321 e. The highest BCUT2D eigenvalue weighted by Gasteiger charge is 2.27. The second-order valence-corrected chi connectivity index (χ2v) is 7.57. The quantitative estimate of drug-likeness (QED) is 0.649. The third-order valence-corrected chi connectivity index (χ3v) is 5.36. The van der Waals surface area contributed by atoms with E-state index in [1.54, 1.807) is 36.4 Å². The molecule has 0 amide bonds. The monoisotopic (exact) mass is 382 g/mol. The molecule has 2 aromatic rings. The smallest absolute Gasteiger partial charge is 0.321 e. The number of halogens is 1. The summed E-state index contributed by atoms with van der Waals surface area (Å²) in [5, 5.41) is 9.50. The summed E-state index contributed by atoms with van der Waals surface area (Å²) in [5.74, 6) is -1.25. The first-order chi connectivity index (χ1) is 11.8. The average molecular weight is 383 g/mol. The number of hydrogen-bond acceptors (Lipinski definition) is 4. The Labute approximate surface area is 151 Å². The predicted octanol–water partition coefficient (Wildman–Crippen LogP) is 2.48. The Morgan fingerprint density at radius 3 is 2.48 bits per heavy atom. The highest BCUT2D eigenvalue weighted by Crippen LogP contribution is 2.30. The summed E-state index contributed by atoms with van der Waals surface area (Å²) in [4.78, 5) is 11.3. The Morgan fingerprint density at radius 2 is 1.88 bits per heavy atom. The standard InChI is InChI=1S/C17H19ClN2O4S/c18-13-8-9-14(12-5-2-1-3-6-12)16(11-13)25(23,24)20-15(17(21)22)7-4-10-19/h1-3,5-6,8-9,11,15,20H,4,7,10,19H2,(H,21,22). The molecule has 0 aliphatic heterocycles. The van der Waals surface area contributed by atoms with Crippen molar-refractivity contribution in [1.29, 1.82) is 0 Å². The van der Waals surface area contributed by atoms with Gasteiger partial charge in [0.15, 0.2) is 0 Å². The van der Waals surface area contributed by atoms with Gasteiger partial charge in [-0.2, -0.15) is 4.72 Å². The van der Waals surface area contributed by atoms with Gasteiger partial charge in [0, 0.05) is 10.6 Å². The minimum absolute atomic E-state index is 0.0646. The molecule has 25 heavy (non-hydrogen) atoms. The van der Waals surface area contributed by atoms with Crippen LogP contribution < -0.4 is 10.5 Å². The van der Waals surface area contributed by atoms with Crippen LogP contribution in [-0.2, 0) is 14.8 Å². The first-order valence-corrected chi connectivity index (χ1v) is 9.51. The summed E-state index contributed by atoms with van der Waals surface area (Å²) >= 11 is 5.97. The average Bonchev–Trinajstić information content (AvgIpc) is 2.59. The van der Waals surface area contributed by atoms with Gasteiger partial charge >= 0.3 is 5.97 Å². The van der Waals surface area contributed by atoms with Gasteiger partial charge in [-0.25, -0.2) is 8.42 Å². The molecule has 0 saturated carbocycles. The van der Waals surface area contributed by atoms with Gasteiger partial charge in [0.05, 0.1) is 4.90 Å². The van der Waals surface area contributed by atoms with Crippen molar-refractivity contribution < 1.29 is 18.3 Å². The summed E-state index contributed by atoms with van der Waals surface area (Å²) in [5.41, 5.74) is 6.52. The molecular weight excluding hydrogens is 364 g/mol. The van der Waals surface area contributed by atoms with Crippen LogP contribution in [0.15, 0.2) is 53.4 Å². The van der Waals surface area contributed by atoms with Crippen LogP contribution in [0.1, 0.15) is 12.8 Å². The minimum Gasteiger partial charge on any atom is -0.480 e. The molecule has 0 aliphatic rings. The van der Waals surface area contributed by atoms with Crippen molar-refractivity contribution in [1.82, 2.24) is 4.72 Å². The number of carboxylic acid groups (broad SMARTS) is 1. The third-order valence-electron chi connectivity index (χ3n) is 3.61. The van der Waals surface area contributed by atoms with Crippen LogP contribution in [0.25, 0.3) is 11.1 Å². The molecule has 0 fully saturated rings. The summed E-state index contributed by atoms with van der Waals surface area (Å²) in [6.45, 7) is 0.276. The van der Waals surface area contributed by atoms with E-state index in [1.807, 2.05) is 6.07 Å². The number of aliphatic carboxylic acids is 1. The van der Waals surface area contributed by atoms with E-state index in [0.29, 0.717) is 17.5 Å². The minimum atomic E-state index is -4.09. The molecule has 0 aromatic heterocycles. The Morgan fingerprint density at radius 1 is 1.20 bits per heavy atom. The van der Waals surface area contributed by atoms with Crippen LogP contribution >= 0.6 is 11.6 Å². The molecule has 0 bridgehead atoms. The number of carbonyl (C=O) groups is 1. The Kier molecular flexibility index (Phi) is 6.55. The van der Waals surface area contributed by atoms with Gasteiger partial charge in [0.25, 0.3) is 0 Å². The second kappa shape index (κ2) is 8.44. The summed E-state index contributed by atoms with van der Waals surface area (Å²) in [6, 6.07) is 12.2. The van der Waals surface area contributed by atoms with Gasteiger partial charge in [-0.05, 0) is 37.1 Å². The van der Waals surface area contributed by atoms with E-state index in [4.69, 9.17) is 17.3 Å². The van der Waals surface area contributed by atoms with Crippen molar-refractivity contribution >= 4 is 27.6 Å². The number of nitrogens with two attached hydrogens (primary N) is 1. The lowest BCUT2D eigenvalue weighted by Crippen LogP contribution is -2.41. The molecular formula is C17H19ClN2O4S. The van der Waals surface area contributed by atoms with Crippen LogP contribution in [-0.4, -0.2) is 32.1 Å². The zero-order valence-corrected chi connectivity index (χ0v) is 14.9. The van der Waals surface area contributed by atoms with E-state index in [1.165, 1.54) is 6.07 Å². The maximum atomic E-state index is 12.8. The van der Waals surface area contributed by atoms with Crippen molar-refractivity contribution in [2.75, 3.05) is 6.54 Å².